The predicted molar refractivity (Wildman–Crippen MR) is 65.0 cm³/mol. The van der Waals surface area contributed by atoms with E-state index in [1.165, 1.54) is 12.5 Å². The first-order chi connectivity index (χ1) is 8.22. The van der Waals surface area contributed by atoms with E-state index in [0.29, 0.717) is 11.6 Å². The average molecular weight is 239 g/mol. The van der Waals surface area contributed by atoms with Crippen LogP contribution in [0.3, 0.4) is 0 Å². The fourth-order valence-corrected chi connectivity index (χ4v) is 2.81. The molecule has 1 N–H and O–H groups in total. The van der Waals surface area contributed by atoms with Gasteiger partial charge < -0.3 is 5.32 Å². The number of nitrogens with one attached hydrogen (secondary N) is 1. The first kappa shape index (κ1) is 12.5. The van der Waals surface area contributed by atoms with E-state index in [-0.39, 0.29) is 5.92 Å². The number of halogens is 2. The van der Waals surface area contributed by atoms with Crippen molar-refractivity contribution in [3.8, 4) is 0 Å². The van der Waals surface area contributed by atoms with Gasteiger partial charge in [0, 0.05) is 18.0 Å². The summed E-state index contributed by atoms with van der Waals surface area (Å²) in [5, 5.41) is 3.41. The van der Waals surface area contributed by atoms with Crippen molar-refractivity contribution in [3.63, 3.8) is 0 Å². The molecule has 0 aliphatic heterocycles. The molecule has 0 amide bonds. The molecule has 1 fully saturated rings. The van der Waals surface area contributed by atoms with Crippen molar-refractivity contribution in [1.82, 2.24) is 5.32 Å². The third-order valence-electron chi connectivity index (χ3n) is 3.59. The van der Waals surface area contributed by atoms with Gasteiger partial charge in [-0.1, -0.05) is 25.8 Å². The molecule has 0 bridgehead atoms. The van der Waals surface area contributed by atoms with Gasteiger partial charge in [0.15, 0.2) is 0 Å². The lowest BCUT2D eigenvalue weighted by Crippen LogP contribution is -2.37. The van der Waals surface area contributed by atoms with E-state index in [2.05, 4.69) is 12.2 Å². The summed E-state index contributed by atoms with van der Waals surface area (Å²) in [4.78, 5) is 0. The molecule has 0 aromatic heterocycles. The molecule has 2 atom stereocenters. The summed E-state index contributed by atoms with van der Waals surface area (Å²) < 4.78 is 26.7. The van der Waals surface area contributed by atoms with Crippen LogP contribution in [0.2, 0.25) is 0 Å². The Labute approximate surface area is 101 Å². The Morgan fingerprint density at radius 1 is 1.24 bits per heavy atom. The lowest BCUT2D eigenvalue weighted by atomic mass is 9.79. The van der Waals surface area contributed by atoms with Crippen molar-refractivity contribution in [3.05, 3.63) is 35.4 Å². The summed E-state index contributed by atoms with van der Waals surface area (Å²) in [6.07, 6.45) is 4.38. The summed E-state index contributed by atoms with van der Waals surface area (Å²) in [7, 11) is 0. The Kier molecular flexibility index (Phi) is 4.11. The topological polar surface area (TPSA) is 12.0 Å². The van der Waals surface area contributed by atoms with E-state index in [0.717, 1.165) is 31.9 Å². The van der Waals surface area contributed by atoms with E-state index < -0.39 is 11.6 Å². The minimum Gasteiger partial charge on any atom is -0.314 e. The molecule has 2 rings (SSSR count). The molecule has 0 heterocycles. The Balaban J connectivity index is 2.23. The fourth-order valence-electron chi connectivity index (χ4n) is 2.81. The smallest absolute Gasteiger partial charge is 0.129 e. The van der Waals surface area contributed by atoms with E-state index in [4.69, 9.17) is 0 Å². The molecule has 17 heavy (non-hydrogen) atoms. The number of rotatable bonds is 3. The van der Waals surface area contributed by atoms with Crippen molar-refractivity contribution in [2.24, 2.45) is 0 Å². The van der Waals surface area contributed by atoms with E-state index in [9.17, 15) is 8.78 Å². The minimum absolute atomic E-state index is 0.185. The number of hydrogen-bond acceptors (Lipinski definition) is 1. The van der Waals surface area contributed by atoms with Crippen LogP contribution in [0.15, 0.2) is 18.2 Å². The quantitative estimate of drug-likeness (QED) is 0.849. The predicted octanol–water partition coefficient (Wildman–Crippen LogP) is 3.60. The number of hydrogen-bond donors (Lipinski definition) is 1. The van der Waals surface area contributed by atoms with Gasteiger partial charge in [-0.2, -0.15) is 0 Å². The van der Waals surface area contributed by atoms with Crippen LogP contribution in [0.4, 0.5) is 8.78 Å². The van der Waals surface area contributed by atoms with Crippen molar-refractivity contribution in [2.75, 3.05) is 6.54 Å². The van der Waals surface area contributed by atoms with Gasteiger partial charge in [-0.15, -0.1) is 0 Å². The molecule has 0 spiro atoms. The van der Waals surface area contributed by atoms with E-state index in [1.807, 2.05) is 0 Å². The van der Waals surface area contributed by atoms with E-state index >= 15 is 0 Å². The molecule has 1 nitrogen and oxygen atoms in total. The van der Waals surface area contributed by atoms with Gasteiger partial charge in [0.1, 0.15) is 11.6 Å². The maximum absolute atomic E-state index is 13.8. The second kappa shape index (κ2) is 5.58. The second-order valence-corrected chi connectivity index (χ2v) is 4.72. The molecule has 2 unspecified atom stereocenters. The van der Waals surface area contributed by atoms with Crippen LogP contribution in [0.25, 0.3) is 0 Å². The third-order valence-corrected chi connectivity index (χ3v) is 3.59. The molecule has 1 aliphatic carbocycles. The summed E-state index contributed by atoms with van der Waals surface area (Å²) in [5.41, 5.74) is 0.664. The van der Waals surface area contributed by atoms with Crippen molar-refractivity contribution < 1.29 is 8.78 Å². The molecule has 0 saturated heterocycles. The summed E-state index contributed by atoms with van der Waals surface area (Å²) in [5.74, 6) is -0.717. The summed E-state index contributed by atoms with van der Waals surface area (Å²) in [6, 6.07) is 4.28. The van der Waals surface area contributed by atoms with Crippen LogP contribution in [-0.2, 0) is 0 Å². The average Bonchev–Trinajstić information content (AvgIpc) is 2.31. The van der Waals surface area contributed by atoms with Crippen LogP contribution >= 0.6 is 0 Å². The monoisotopic (exact) mass is 239 g/mol. The summed E-state index contributed by atoms with van der Waals surface area (Å²) in [6.45, 7) is 2.96. The Hall–Kier alpha value is -0.960. The molecule has 3 heteroatoms. The molecule has 0 radical (unpaired) electrons. The highest BCUT2D eigenvalue weighted by Gasteiger charge is 2.27. The first-order valence-corrected chi connectivity index (χ1v) is 6.40. The Bertz CT molecular complexity index is 376. The van der Waals surface area contributed by atoms with E-state index in [1.54, 1.807) is 6.07 Å². The Morgan fingerprint density at radius 2 is 2.00 bits per heavy atom. The first-order valence-electron chi connectivity index (χ1n) is 6.40. The Morgan fingerprint density at radius 3 is 2.71 bits per heavy atom. The zero-order valence-electron chi connectivity index (χ0n) is 10.2. The maximum atomic E-state index is 13.8. The SMILES string of the molecule is CCNC1CCCCC1c1ccc(F)cc1F. The molecular formula is C14H19F2N. The molecular weight excluding hydrogens is 220 g/mol. The van der Waals surface area contributed by atoms with Crippen molar-refractivity contribution in [2.45, 2.75) is 44.6 Å². The fraction of sp³-hybridized carbons (Fsp3) is 0.571. The standard InChI is InChI=1S/C14H19F2N/c1-2-17-14-6-4-3-5-12(14)11-8-7-10(15)9-13(11)16/h7-9,12,14,17H,2-6H2,1H3. The molecule has 1 saturated carbocycles. The van der Waals surface area contributed by atoms with Crippen LogP contribution in [0, 0.1) is 11.6 Å². The van der Waals surface area contributed by atoms with Crippen LogP contribution < -0.4 is 5.32 Å². The van der Waals surface area contributed by atoms with Gasteiger partial charge in [0.25, 0.3) is 0 Å². The lowest BCUT2D eigenvalue weighted by Gasteiger charge is -2.32. The van der Waals surface area contributed by atoms with Gasteiger partial charge in [-0.3, -0.25) is 0 Å². The van der Waals surface area contributed by atoms with Gasteiger partial charge in [-0.05, 0) is 31.0 Å². The largest absolute Gasteiger partial charge is 0.314 e. The van der Waals surface area contributed by atoms with Crippen LogP contribution in [0.5, 0.6) is 0 Å². The molecule has 1 aliphatic rings. The van der Waals surface area contributed by atoms with Gasteiger partial charge in [0.05, 0.1) is 0 Å². The summed E-state index contributed by atoms with van der Waals surface area (Å²) >= 11 is 0. The highest BCUT2D eigenvalue weighted by molar-refractivity contribution is 5.24. The molecule has 1 aromatic carbocycles. The van der Waals surface area contributed by atoms with Crippen molar-refractivity contribution >= 4 is 0 Å². The highest BCUT2D eigenvalue weighted by atomic mass is 19.1. The van der Waals surface area contributed by atoms with Crippen molar-refractivity contribution in [1.29, 1.82) is 0 Å². The van der Waals surface area contributed by atoms with Crippen LogP contribution in [0.1, 0.15) is 44.1 Å². The number of benzene rings is 1. The number of likely N-dealkylation sites (N-methyl/N-ethyl adjacent to an activating group) is 1. The second-order valence-electron chi connectivity index (χ2n) is 4.72. The van der Waals surface area contributed by atoms with Crippen LogP contribution in [-0.4, -0.2) is 12.6 Å². The van der Waals surface area contributed by atoms with Gasteiger partial charge >= 0.3 is 0 Å². The zero-order chi connectivity index (χ0) is 12.3. The maximum Gasteiger partial charge on any atom is 0.129 e. The molecule has 94 valence electrons. The van der Waals surface area contributed by atoms with Gasteiger partial charge in [-0.25, -0.2) is 8.78 Å². The molecule has 1 aromatic rings. The lowest BCUT2D eigenvalue weighted by molar-refractivity contribution is 0.325. The van der Waals surface area contributed by atoms with Gasteiger partial charge in [0.2, 0.25) is 0 Å². The zero-order valence-corrected chi connectivity index (χ0v) is 10.2. The third kappa shape index (κ3) is 2.83. The highest BCUT2D eigenvalue weighted by Crippen LogP contribution is 2.34. The minimum atomic E-state index is -0.498. The normalized spacial score (nSPS) is 24.9.